The molecule has 1 aliphatic heterocycles. The van der Waals surface area contributed by atoms with Crippen LogP contribution in [0.1, 0.15) is 26.3 Å². The van der Waals surface area contributed by atoms with Gasteiger partial charge in [0.2, 0.25) is 6.10 Å². The van der Waals surface area contributed by atoms with E-state index in [1.54, 1.807) is 45.0 Å². The predicted molar refractivity (Wildman–Crippen MR) is 85.3 cm³/mol. The SMILES string of the molecule is [B]c1ccc(C[C@@H]2[C@@H](C(=O)O)OC(=O)N2C(=O)OC(C)(C)C)cc1. The van der Waals surface area contributed by atoms with Gasteiger partial charge in [-0.05, 0) is 32.8 Å². The molecule has 1 N–H and O–H groups in total. The van der Waals surface area contributed by atoms with Crippen LogP contribution in [-0.2, 0) is 20.7 Å². The highest BCUT2D eigenvalue weighted by Gasteiger charge is 2.50. The number of carbonyl (C=O) groups excluding carboxylic acids is 2. The van der Waals surface area contributed by atoms with Gasteiger partial charge in [0.25, 0.3) is 0 Å². The van der Waals surface area contributed by atoms with Crippen molar-refractivity contribution >= 4 is 31.5 Å². The van der Waals surface area contributed by atoms with Gasteiger partial charge in [-0.25, -0.2) is 19.3 Å². The highest BCUT2D eigenvalue weighted by atomic mass is 16.6. The quantitative estimate of drug-likeness (QED) is 0.838. The monoisotopic (exact) mass is 331 g/mol. The van der Waals surface area contributed by atoms with E-state index in [-0.39, 0.29) is 6.42 Å². The Morgan fingerprint density at radius 3 is 2.38 bits per heavy atom. The van der Waals surface area contributed by atoms with E-state index in [0.717, 1.165) is 4.90 Å². The molecule has 0 unspecified atom stereocenters. The minimum Gasteiger partial charge on any atom is -0.478 e. The van der Waals surface area contributed by atoms with Crippen molar-refractivity contribution in [2.24, 2.45) is 0 Å². The van der Waals surface area contributed by atoms with Crippen LogP contribution in [0.2, 0.25) is 0 Å². The van der Waals surface area contributed by atoms with Gasteiger partial charge < -0.3 is 14.6 Å². The molecule has 126 valence electrons. The van der Waals surface area contributed by atoms with Gasteiger partial charge in [-0.3, -0.25) is 0 Å². The fourth-order valence-corrected chi connectivity index (χ4v) is 2.34. The molecular weight excluding hydrogens is 313 g/mol. The molecule has 0 bridgehead atoms. The number of amides is 2. The summed E-state index contributed by atoms with van der Waals surface area (Å²) >= 11 is 0. The molecule has 1 heterocycles. The Balaban J connectivity index is 2.28. The zero-order valence-electron chi connectivity index (χ0n) is 13.7. The van der Waals surface area contributed by atoms with Crippen LogP contribution in [0.5, 0.6) is 0 Å². The third kappa shape index (κ3) is 4.07. The minimum absolute atomic E-state index is 0.113. The largest absolute Gasteiger partial charge is 0.478 e. The Bertz CT molecular complexity index is 652. The smallest absolute Gasteiger partial charge is 0.420 e. The minimum atomic E-state index is -1.46. The van der Waals surface area contributed by atoms with Crippen molar-refractivity contribution < 1.29 is 29.0 Å². The zero-order chi connectivity index (χ0) is 18.1. The molecule has 0 aliphatic carbocycles. The van der Waals surface area contributed by atoms with E-state index in [1.807, 2.05) is 0 Å². The molecule has 8 heteroatoms. The number of imide groups is 1. The number of carboxylic acid groups (broad SMARTS) is 1. The Kier molecular flexibility index (Phi) is 4.87. The van der Waals surface area contributed by atoms with Crippen LogP contribution in [0, 0.1) is 0 Å². The summed E-state index contributed by atoms with van der Waals surface area (Å²) in [6.07, 6.45) is -3.31. The fourth-order valence-electron chi connectivity index (χ4n) is 2.34. The van der Waals surface area contributed by atoms with Crippen molar-refractivity contribution in [2.75, 3.05) is 0 Å². The van der Waals surface area contributed by atoms with Crippen LogP contribution in [0.15, 0.2) is 24.3 Å². The maximum atomic E-state index is 12.3. The number of ether oxygens (including phenoxy) is 2. The van der Waals surface area contributed by atoms with E-state index < -0.39 is 35.9 Å². The van der Waals surface area contributed by atoms with Crippen molar-refractivity contribution in [2.45, 2.75) is 44.9 Å². The van der Waals surface area contributed by atoms with E-state index in [9.17, 15) is 19.5 Å². The van der Waals surface area contributed by atoms with Crippen molar-refractivity contribution in [1.29, 1.82) is 0 Å². The number of aliphatic carboxylic acids is 1. The highest BCUT2D eigenvalue weighted by molar-refractivity contribution is 6.32. The lowest BCUT2D eigenvalue weighted by atomic mass is 9.93. The Hall–Kier alpha value is -2.51. The van der Waals surface area contributed by atoms with Gasteiger partial charge in [-0.15, -0.1) is 0 Å². The first-order chi connectivity index (χ1) is 11.1. The maximum Gasteiger partial charge on any atom is 0.420 e. The normalized spacial score (nSPS) is 20.6. The number of carbonyl (C=O) groups is 3. The van der Waals surface area contributed by atoms with E-state index in [0.29, 0.717) is 11.0 Å². The van der Waals surface area contributed by atoms with Gasteiger partial charge in [0.15, 0.2) is 0 Å². The average molecular weight is 331 g/mol. The van der Waals surface area contributed by atoms with Gasteiger partial charge in [0.1, 0.15) is 13.4 Å². The van der Waals surface area contributed by atoms with Crippen molar-refractivity contribution in [3.63, 3.8) is 0 Å². The molecule has 1 aromatic carbocycles. The first-order valence-electron chi connectivity index (χ1n) is 7.38. The number of benzene rings is 1. The number of nitrogens with zero attached hydrogens (tertiary/aromatic N) is 1. The summed E-state index contributed by atoms with van der Waals surface area (Å²) in [5.41, 5.74) is 0.438. The molecule has 0 saturated carbocycles. The second-order valence-electron chi connectivity index (χ2n) is 6.51. The second kappa shape index (κ2) is 6.55. The molecule has 1 saturated heterocycles. The molecule has 2 amide bonds. The second-order valence-corrected chi connectivity index (χ2v) is 6.51. The number of cyclic esters (lactones) is 1. The molecule has 1 aliphatic rings. The average Bonchev–Trinajstić information content (AvgIpc) is 2.76. The van der Waals surface area contributed by atoms with Crippen molar-refractivity contribution in [3.05, 3.63) is 29.8 Å². The maximum absolute atomic E-state index is 12.3. The van der Waals surface area contributed by atoms with Crippen LogP contribution >= 0.6 is 0 Å². The lowest BCUT2D eigenvalue weighted by molar-refractivity contribution is -0.146. The summed E-state index contributed by atoms with van der Waals surface area (Å²) in [6, 6.07) is 5.70. The van der Waals surface area contributed by atoms with E-state index in [4.69, 9.17) is 17.3 Å². The molecule has 0 spiro atoms. The fraction of sp³-hybridized carbons (Fsp3) is 0.438. The third-order valence-electron chi connectivity index (χ3n) is 3.36. The highest BCUT2D eigenvalue weighted by Crippen LogP contribution is 2.25. The number of rotatable bonds is 3. The predicted octanol–water partition coefficient (Wildman–Crippen LogP) is 1.23. The Labute approximate surface area is 140 Å². The van der Waals surface area contributed by atoms with E-state index >= 15 is 0 Å². The first-order valence-corrected chi connectivity index (χ1v) is 7.38. The number of hydrogen-bond acceptors (Lipinski definition) is 5. The number of hydrogen-bond donors (Lipinski definition) is 1. The van der Waals surface area contributed by atoms with Crippen LogP contribution < -0.4 is 5.46 Å². The number of carboxylic acids is 1. The summed E-state index contributed by atoms with van der Waals surface area (Å²) in [7, 11) is 5.62. The Morgan fingerprint density at radius 2 is 1.88 bits per heavy atom. The Morgan fingerprint density at radius 1 is 1.29 bits per heavy atom. The topological polar surface area (TPSA) is 93.1 Å². The van der Waals surface area contributed by atoms with Gasteiger partial charge in [0.05, 0.1) is 6.04 Å². The molecule has 24 heavy (non-hydrogen) atoms. The van der Waals surface area contributed by atoms with E-state index in [2.05, 4.69) is 0 Å². The summed E-state index contributed by atoms with van der Waals surface area (Å²) < 4.78 is 10.0. The van der Waals surface area contributed by atoms with Crippen LogP contribution in [0.4, 0.5) is 9.59 Å². The van der Waals surface area contributed by atoms with Crippen LogP contribution in [-0.4, -0.2) is 53.8 Å². The van der Waals surface area contributed by atoms with Gasteiger partial charge in [-0.1, -0.05) is 29.7 Å². The van der Waals surface area contributed by atoms with E-state index in [1.165, 1.54) is 0 Å². The lowest BCUT2D eigenvalue weighted by Crippen LogP contribution is -2.46. The molecule has 0 aromatic heterocycles. The molecule has 7 nitrogen and oxygen atoms in total. The molecular formula is C16H18BNO6. The summed E-state index contributed by atoms with van der Waals surface area (Å²) in [5, 5.41) is 9.28. The van der Waals surface area contributed by atoms with Crippen LogP contribution in [0.3, 0.4) is 0 Å². The molecule has 1 aromatic rings. The summed E-state index contributed by atoms with van der Waals surface area (Å²) in [5.74, 6) is -1.32. The standard InChI is InChI=1S/C16H18BNO6/c1-16(2,3)24-15(22)18-11(12(13(19)20)23-14(18)21)8-9-4-6-10(17)7-5-9/h4-7,11-12H,8H2,1-3H3,(H,19,20)/t11-,12+/m1/s1. The first kappa shape index (κ1) is 17.8. The molecule has 2 rings (SSSR count). The van der Waals surface area contributed by atoms with Gasteiger partial charge in [-0.2, -0.15) is 0 Å². The molecule has 2 radical (unpaired) electrons. The van der Waals surface area contributed by atoms with Crippen molar-refractivity contribution in [1.82, 2.24) is 4.90 Å². The lowest BCUT2D eigenvalue weighted by Gasteiger charge is -2.26. The molecule has 1 fully saturated rings. The molecule has 2 atom stereocenters. The van der Waals surface area contributed by atoms with Crippen LogP contribution in [0.25, 0.3) is 0 Å². The van der Waals surface area contributed by atoms with Gasteiger partial charge in [0, 0.05) is 0 Å². The zero-order valence-corrected chi connectivity index (χ0v) is 13.7. The third-order valence-corrected chi connectivity index (χ3v) is 3.36. The van der Waals surface area contributed by atoms with Gasteiger partial charge >= 0.3 is 18.2 Å². The summed E-state index contributed by atoms with van der Waals surface area (Å²) in [4.78, 5) is 36.4. The summed E-state index contributed by atoms with van der Waals surface area (Å²) in [6.45, 7) is 4.95. The van der Waals surface area contributed by atoms with Crippen molar-refractivity contribution in [3.8, 4) is 0 Å².